The van der Waals surface area contributed by atoms with Crippen LogP contribution in [0.1, 0.15) is 45.2 Å². The maximum atomic E-state index is 5.62. The molecule has 0 unspecified atom stereocenters. The van der Waals surface area contributed by atoms with Crippen LogP contribution in [0, 0.1) is 5.41 Å². The number of rotatable bonds is 4. The van der Waals surface area contributed by atoms with E-state index in [1.807, 2.05) is 0 Å². The van der Waals surface area contributed by atoms with E-state index in [2.05, 4.69) is 28.7 Å². The third kappa shape index (κ3) is 3.03. The van der Waals surface area contributed by atoms with E-state index in [9.17, 15) is 0 Å². The Hall–Kier alpha value is -1.23. The summed E-state index contributed by atoms with van der Waals surface area (Å²) < 4.78 is 0. The summed E-state index contributed by atoms with van der Waals surface area (Å²) in [6.07, 6.45) is 6.66. The summed E-state index contributed by atoms with van der Waals surface area (Å²) in [6, 6.07) is 1.76. The Labute approximate surface area is 120 Å². The predicted octanol–water partition coefficient (Wildman–Crippen LogP) is 2.52. The van der Waals surface area contributed by atoms with Crippen LogP contribution in [0.3, 0.4) is 0 Å². The highest BCUT2D eigenvalue weighted by molar-refractivity contribution is 7.80. The van der Waals surface area contributed by atoms with Crippen LogP contribution in [0.5, 0.6) is 0 Å². The Morgan fingerprint density at radius 1 is 1.37 bits per heavy atom. The average molecular weight is 278 g/mol. The monoisotopic (exact) mass is 278 g/mol. The number of hydrogen-bond donors (Lipinski definition) is 1. The van der Waals surface area contributed by atoms with Crippen molar-refractivity contribution < 1.29 is 0 Å². The van der Waals surface area contributed by atoms with Gasteiger partial charge in [-0.3, -0.25) is 0 Å². The zero-order valence-electron chi connectivity index (χ0n) is 11.7. The molecule has 5 heteroatoms. The first kappa shape index (κ1) is 14.2. The quantitative estimate of drug-likeness (QED) is 0.858. The van der Waals surface area contributed by atoms with Crippen LogP contribution in [-0.4, -0.2) is 28.0 Å². The number of piperidine rings is 1. The van der Waals surface area contributed by atoms with Gasteiger partial charge >= 0.3 is 0 Å². The highest BCUT2D eigenvalue weighted by Gasteiger charge is 2.31. The highest BCUT2D eigenvalue weighted by Crippen LogP contribution is 2.38. The van der Waals surface area contributed by atoms with Crippen LogP contribution in [0.4, 0.5) is 5.95 Å². The molecule has 0 atom stereocenters. The summed E-state index contributed by atoms with van der Waals surface area (Å²) in [7, 11) is 0. The lowest BCUT2D eigenvalue weighted by molar-refractivity contribution is 0.198. The highest BCUT2D eigenvalue weighted by atomic mass is 32.1. The van der Waals surface area contributed by atoms with E-state index < -0.39 is 0 Å². The average Bonchev–Trinajstić information content (AvgIpc) is 2.47. The molecule has 0 bridgehead atoms. The number of hydrogen-bond acceptors (Lipinski definition) is 4. The molecule has 0 radical (unpaired) electrons. The van der Waals surface area contributed by atoms with Gasteiger partial charge in [0.15, 0.2) is 0 Å². The van der Waals surface area contributed by atoms with Crippen LogP contribution < -0.4 is 10.6 Å². The summed E-state index contributed by atoms with van der Waals surface area (Å²) in [5, 5.41) is 0. The van der Waals surface area contributed by atoms with Crippen molar-refractivity contribution in [2.24, 2.45) is 11.1 Å². The van der Waals surface area contributed by atoms with Crippen molar-refractivity contribution >= 4 is 23.2 Å². The Morgan fingerprint density at radius 2 is 2.00 bits per heavy atom. The van der Waals surface area contributed by atoms with Crippen LogP contribution in [0.25, 0.3) is 0 Å². The third-order valence-corrected chi connectivity index (χ3v) is 4.71. The molecule has 1 aromatic rings. The lowest BCUT2D eigenvalue weighted by Gasteiger charge is -2.41. The molecule has 2 N–H and O–H groups in total. The number of nitrogens with zero attached hydrogens (tertiary/aromatic N) is 3. The number of nitrogens with two attached hydrogens (primary N) is 1. The molecule has 1 saturated heterocycles. The van der Waals surface area contributed by atoms with Gasteiger partial charge in [-0.25, -0.2) is 9.97 Å². The predicted molar refractivity (Wildman–Crippen MR) is 82.4 cm³/mol. The van der Waals surface area contributed by atoms with E-state index in [4.69, 9.17) is 18.0 Å². The third-order valence-electron chi connectivity index (χ3n) is 4.50. The molecule has 0 aromatic carbocycles. The summed E-state index contributed by atoms with van der Waals surface area (Å²) in [5.74, 6) is 0.756. The van der Waals surface area contributed by atoms with E-state index in [-0.39, 0.29) is 0 Å². The summed E-state index contributed by atoms with van der Waals surface area (Å²) in [6.45, 7) is 6.62. The maximum Gasteiger partial charge on any atom is 0.225 e. The van der Waals surface area contributed by atoms with Gasteiger partial charge in [-0.15, -0.1) is 0 Å². The summed E-state index contributed by atoms with van der Waals surface area (Å²) >= 11 is 4.97. The Kier molecular flexibility index (Phi) is 4.34. The largest absolute Gasteiger partial charge is 0.388 e. The molecule has 104 valence electrons. The van der Waals surface area contributed by atoms with E-state index >= 15 is 0 Å². The smallest absolute Gasteiger partial charge is 0.225 e. The maximum absolute atomic E-state index is 5.62. The zero-order chi connectivity index (χ0) is 13.9. The second kappa shape index (κ2) is 5.82. The van der Waals surface area contributed by atoms with E-state index in [1.54, 1.807) is 12.3 Å². The standard InChI is InChI=1S/C14H22N4S/c1-3-14(4-2)6-9-18(10-7-14)13-16-8-5-11(17-13)12(15)19/h5,8H,3-4,6-7,9-10H2,1-2H3,(H2,15,19). The second-order valence-electron chi connectivity index (χ2n) is 5.30. The Bertz CT molecular complexity index is 447. The molecule has 4 nitrogen and oxygen atoms in total. The molecule has 1 aromatic heterocycles. The lowest BCUT2D eigenvalue weighted by atomic mass is 9.74. The summed E-state index contributed by atoms with van der Waals surface area (Å²) in [5.41, 5.74) is 6.79. The van der Waals surface area contributed by atoms with Crippen molar-refractivity contribution in [3.63, 3.8) is 0 Å². The van der Waals surface area contributed by atoms with Crippen molar-refractivity contribution in [3.05, 3.63) is 18.0 Å². The molecule has 1 fully saturated rings. The van der Waals surface area contributed by atoms with Gasteiger partial charge in [0.05, 0.1) is 0 Å². The lowest BCUT2D eigenvalue weighted by Crippen LogP contribution is -2.40. The number of thiocarbonyl (C=S) groups is 1. The fourth-order valence-corrected chi connectivity index (χ4v) is 2.89. The van der Waals surface area contributed by atoms with Gasteiger partial charge in [0.25, 0.3) is 0 Å². The Balaban J connectivity index is 2.09. The molecular formula is C14H22N4S. The Morgan fingerprint density at radius 3 is 2.53 bits per heavy atom. The minimum Gasteiger partial charge on any atom is -0.388 e. The number of anilines is 1. The van der Waals surface area contributed by atoms with Crippen LogP contribution in [0.15, 0.2) is 12.3 Å². The zero-order valence-corrected chi connectivity index (χ0v) is 12.5. The molecule has 0 saturated carbocycles. The van der Waals surface area contributed by atoms with Crippen LogP contribution in [0.2, 0.25) is 0 Å². The molecule has 1 aliphatic rings. The van der Waals surface area contributed by atoms with Gasteiger partial charge in [0, 0.05) is 19.3 Å². The van der Waals surface area contributed by atoms with Crippen LogP contribution >= 0.6 is 12.2 Å². The minimum atomic E-state index is 0.331. The van der Waals surface area contributed by atoms with Crippen molar-refractivity contribution in [2.75, 3.05) is 18.0 Å². The van der Waals surface area contributed by atoms with Crippen molar-refractivity contribution in [2.45, 2.75) is 39.5 Å². The normalized spacial score (nSPS) is 18.3. The molecule has 1 aliphatic heterocycles. The first-order chi connectivity index (χ1) is 9.10. The SMILES string of the molecule is CCC1(CC)CCN(c2nccc(C(N)=S)n2)CC1. The fraction of sp³-hybridized carbons (Fsp3) is 0.643. The van der Waals surface area contributed by atoms with Gasteiger partial charge in [0.2, 0.25) is 5.95 Å². The van der Waals surface area contributed by atoms with E-state index in [0.29, 0.717) is 16.1 Å². The van der Waals surface area contributed by atoms with Crippen molar-refractivity contribution in [3.8, 4) is 0 Å². The minimum absolute atomic E-state index is 0.331. The van der Waals surface area contributed by atoms with E-state index in [1.165, 1.54) is 25.7 Å². The van der Waals surface area contributed by atoms with Gasteiger partial charge < -0.3 is 10.6 Å². The fourth-order valence-electron chi connectivity index (χ4n) is 2.78. The molecule has 0 amide bonds. The van der Waals surface area contributed by atoms with Crippen molar-refractivity contribution in [1.82, 2.24) is 9.97 Å². The van der Waals surface area contributed by atoms with Gasteiger partial charge in [-0.2, -0.15) is 0 Å². The van der Waals surface area contributed by atoms with Gasteiger partial charge in [0.1, 0.15) is 10.7 Å². The van der Waals surface area contributed by atoms with Gasteiger partial charge in [-0.1, -0.05) is 38.9 Å². The molecule has 2 rings (SSSR count). The van der Waals surface area contributed by atoms with E-state index in [0.717, 1.165) is 19.0 Å². The van der Waals surface area contributed by atoms with Crippen LogP contribution in [-0.2, 0) is 0 Å². The van der Waals surface area contributed by atoms with Gasteiger partial charge in [-0.05, 0) is 24.3 Å². The summed E-state index contributed by atoms with van der Waals surface area (Å²) in [4.78, 5) is 11.4. The topological polar surface area (TPSA) is 55.0 Å². The molecule has 19 heavy (non-hydrogen) atoms. The first-order valence-electron chi connectivity index (χ1n) is 6.98. The number of aromatic nitrogens is 2. The van der Waals surface area contributed by atoms with Crippen molar-refractivity contribution in [1.29, 1.82) is 0 Å². The molecule has 2 heterocycles. The molecule has 0 aliphatic carbocycles. The molecular weight excluding hydrogens is 256 g/mol. The first-order valence-corrected chi connectivity index (χ1v) is 7.39. The molecule has 0 spiro atoms. The second-order valence-corrected chi connectivity index (χ2v) is 5.74.